The van der Waals surface area contributed by atoms with Gasteiger partial charge in [0.25, 0.3) is 5.91 Å². The zero-order chi connectivity index (χ0) is 13.8. The summed E-state index contributed by atoms with van der Waals surface area (Å²) in [6.07, 6.45) is 2.04. The van der Waals surface area contributed by atoms with Gasteiger partial charge in [-0.15, -0.1) is 0 Å². The predicted octanol–water partition coefficient (Wildman–Crippen LogP) is 3.69. The van der Waals surface area contributed by atoms with Gasteiger partial charge in [-0.05, 0) is 56.8 Å². The normalized spacial score (nSPS) is 15.2. The molecule has 0 bridgehead atoms. The third-order valence-electron chi connectivity index (χ3n) is 2.61. The van der Waals surface area contributed by atoms with E-state index in [1.165, 1.54) is 0 Å². The summed E-state index contributed by atoms with van der Waals surface area (Å²) in [5.41, 5.74) is 0.696. The molecule has 0 radical (unpaired) electrons. The molecule has 0 spiro atoms. The van der Waals surface area contributed by atoms with Crippen LogP contribution in [0.5, 0.6) is 0 Å². The molecular formula is C12H12Br3N3O. The average Bonchev–Trinajstić information content (AvgIpc) is 2.62. The summed E-state index contributed by atoms with van der Waals surface area (Å²) < 4.78 is 2.53. The number of anilines is 1. The highest BCUT2D eigenvalue weighted by Crippen LogP contribution is 2.34. The Labute approximate surface area is 136 Å². The minimum absolute atomic E-state index is 0.217. The maximum atomic E-state index is 12.2. The average molecular weight is 454 g/mol. The molecular weight excluding hydrogens is 442 g/mol. The number of amidine groups is 1. The topological polar surface area (TPSA) is 53.5 Å². The molecule has 0 saturated carbocycles. The fourth-order valence-electron chi connectivity index (χ4n) is 1.68. The van der Waals surface area contributed by atoms with Gasteiger partial charge in [0.1, 0.15) is 0 Å². The lowest BCUT2D eigenvalue weighted by Crippen LogP contribution is -2.35. The summed E-state index contributed by atoms with van der Waals surface area (Å²) in [6, 6.07) is 3.76. The lowest BCUT2D eigenvalue weighted by Gasteiger charge is -2.12. The smallest absolute Gasteiger partial charge is 0.290 e. The van der Waals surface area contributed by atoms with Gasteiger partial charge in [-0.1, -0.05) is 15.9 Å². The molecule has 1 heterocycles. The van der Waals surface area contributed by atoms with Crippen LogP contribution >= 0.6 is 47.8 Å². The molecule has 0 fully saturated rings. The lowest BCUT2D eigenvalue weighted by molar-refractivity contribution is -0.110. The van der Waals surface area contributed by atoms with Crippen molar-refractivity contribution in [1.29, 1.82) is 0 Å². The van der Waals surface area contributed by atoms with Crippen LogP contribution in [0.1, 0.15) is 12.8 Å². The van der Waals surface area contributed by atoms with Crippen molar-refractivity contribution in [2.45, 2.75) is 12.8 Å². The van der Waals surface area contributed by atoms with E-state index in [0.29, 0.717) is 18.1 Å². The first-order valence-corrected chi connectivity index (χ1v) is 8.20. The summed E-state index contributed by atoms with van der Waals surface area (Å²) in [5, 5.41) is 5.91. The fourth-order valence-corrected chi connectivity index (χ4v) is 4.13. The molecule has 1 aliphatic heterocycles. The molecule has 1 aliphatic rings. The number of rotatable bonds is 2. The van der Waals surface area contributed by atoms with E-state index in [2.05, 4.69) is 63.4 Å². The molecule has 0 aromatic heterocycles. The number of halogens is 3. The number of carbonyl (C=O) groups is 1. The van der Waals surface area contributed by atoms with Crippen LogP contribution in [0.15, 0.2) is 30.5 Å². The van der Waals surface area contributed by atoms with Crippen LogP contribution in [-0.4, -0.2) is 24.8 Å². The Morgan fingerprint density at radius 2 is 1.89 bits per heavy atom. The van der Waals surface area contributed by atoms with Crippen molar-refractivity contribution in [2.24, 2.45) is 4.99 Å². The second kappa shape index (κ2) is 6.85. The Morgan fingerprint density at radius 3 is 2.58 bits per heavy atom. The second-order valence-electron chi connectivity index (χ2n) is 4.06. The molecule has 0 saturated heterocycles. The molecule has 102 valence electrons. The SMILES string of the molecule is O=C(Nc1c(Br)cc(Br)cc1Br)C1=NCCCCN1. The first-order valence-electron chi connectivity index (χ1n) is 5.82. The van der Waals surface area contributed by atoms with Crippen LogP contribution in [0.3, 0.4) is 0 Å². The van der Waals surface area contributed by atoms with E-state index in [0.717, 1.165) is 32.8 Å². The monoisotopic (exact) mass is 451 g/mol. The molecule has 1 aromatic rings. The predicted molar refractivity (Wildman–Crippen MR) is 87.7 cm³/mol. The van der Waals surface area contributed by atoms with Crippen molar-refractivity contribution in [2.75, 3.05) is 18.4 Å². The molecule has 2 rings (SSSR count). The zero-order valence-electron chi connectivity index (χ0n) is 9.97. The summed E-state index contributed by atoms with van der Waals surface area (Å²) in [6.45, 7) is 1.48. The number of amides is 1. The Balaban J connectivity index is 2.17. The van der Waals surface area contributed by atoms with E-state index in [-0.39, 0.29) is 5.91 Å². The number of nitrogens with zero attached hydrogens (tertiary/aromatic N) is 1. The van der Waals surface area contributed by atoms with Crippen LogP contribution in [0.25, 0.3) is 0 Å². The largest absolute Gasteiger partial charge is 0.366 e. The summed E-state index contributed by atoms with van der Waals surface area (Å²) in [7, 11) is 0. The third kappa shape index (κ3) is 4.03. The standard InChI is InChI=1S/C12H12Br3N3O/c13-7-5-8(14)10(9(15)6-7)18-12(19)11-16-3-1-2-4-17-11/h5-6H,1-4H2,(H,16,17)(H,18,19). The Morgan fingerprint density at radius 1 is 1.21 bits per heavy atom. The minimum Gasteiger partial charge on any atom is -0.366 e. The summed E-state index contributed by atoms with van der Waals surface area (Å²) >= 11 is 10.3. The summed E-state index contributed by atoms with van der Waals surface area (Å²) in [4.78, 5) is 16.4. The first kappa shape index (κ1) is 15.0. The van der Waals surface area contributed by atoms with E-state index < -0.39 is 0 Å². The molecule has 1 aromatic carbocycles. The highest BCUT2D eigenvalue weighted by molar-refractivity contribution is 9.11. The second-order valence-corrected chi connectivity index (χ2v) is 6.69. The van der Waals surface area contributed by atoms with Crippen LogP contribution in [0.2, 0.25) is 0 Å². The highest BCUT2D eigenvalue weighted by Gasteiger charge is 2.16. The van der Waals surface area contributed by atoms with Crippen molar-refractivity contribution in [3.05, 3.63) is 25.6 Å². The maximum absolute atomic E-state index is 12.2. The van der Waals surface area contributed by atoms with Crippen molar-refractivity contribution < 1.29 is 4.79 Å². The number of hydrogen-bond donors (Lipinski definition) is 2. The highest BCUT2D eigenvalue weighted by atomic mass is 79.9. The van der Waals surface area contributed by atoms with Crippen molar-refractivity contribution in [3.8, 4) is 0 Å². The van der Waals surface area contributed by atoms with Crippen molar-refractivity contribution in [1.82, 2.24) is 5.32 Å². The van der Waals surface area contributed by atoms with Crippen LogP contribution in [0.4, 0.5) is 5.69 Å². The van der Waals surface area contributed by atoms with Crippen molar-refractivity contribution in [3.63, 3.8) is 0 Å². The minimum atomic E-state index is -0.217. The van der Waals surface area contributed by atoms with Gasteiger partial charge in [0.2, 0.25) is 0 Å². The quantitative estimate of drug-likeness (QED) is 0.717. The van der Waals surface area contributed by atoms with E-state index in [9.17, 15) is 4.79 Å². The van der Waals surface area contributed by atoms with E-state index >= 15 is 0 Å². The zero-order valence-corrected chi connectivity index (χ0v) is 14.7. The summed E-state index contributed by atoms with van der Waals surface area (Å²) in [5.74, 6) is 0.185. The Kier molecular flexibility index (Phi) is 5.41. The first-order chi connectivity index (χ1) is 9.08. The molecule has 1 amide bonds. The van der Waals surface area contributed by atoms with E-state index in [1.807, 2.05) is 12.1 Å². The number of nitrogens with one attached hydrogen (secondary N) is 2. The number of carbonyl (C=O) groups excluding carboxylic acids is 1. The van der Waals surface area contributed by atoms with E-state index in [4.69, 9.17) is 0 Å². The molecule has 0 atom stereocenters. The van der Waals surface area contributed by atoms with Gasteiger partial charge in [-0.3, -0.25) is 9.79 Å². The van der Waals surface area contributed by atoms with Gasteiger partial charge in [-0.2, -0.15) is 0 Å². The molecule has 7 heteroatoms. The maximum Gasteiger partial charge on any atom is 0.290 e. The third-order valence-corrected chi connectivity index (χ3v) is 4.32. The molecule has 0 aliphatic carbocycles. The fraction of sp³-hybridized carbons (Fsp3) is 0.333. The van der Waals surface area contributed by atoms with Crippen LogP contribution in [-0.2, 0) is 4.79 Å². The van der Waals surface area contributed by atoms with Crippen LogP contribution in [0, 0.1) is 0 Å². The van der Waals surface area contributed by atoms with Gasteiger partial charge in [-0.25, -0.2) is 0 Å². The van der Waals surface area contributed by atoms with Crippen LogP contribution < -0.4 is 10.6 Å². The molecule has 19 heavy (non-hydrogen) atoms. The molecule has 0 unspecified atom stereocenters. The Hall–Kier alpha value is -0.400. The number of hydrogen-bond acceptors (Lipinski definition) is 3. The number of aliphatic imine (C=N–C) groups is 1. The Bertz CT molecular complexity index is 508. The van der Waals surface area contributed by atoms with Gasteiger partial charge < -0.3 is 10.6 Å². The van der Waals surface area contributed by atoms with Gasteiger partial charge in [0.05, 0.1) is 5.69 Å². The van der Waals surface area contributed by atoms with E-state index in [1.54, 1.807) is 0 Å². The van der Waals surface area contributed by atoms with Gasteiger partial charge in [0.15, 0.2) is 5.84 Å². The molecule has 4 nitrogen and oxygen atoms in total. The molecule has 2 N–H and O–H groups in total. The van der Waals surface area contributed by atoms with Gasteiger partial charge in [0, 0.05) is 26.5 Å². The number of benzene rings is 1. The van der Waals surface area contributed by atoms with Gasteiger partial charge >= 0.3 is 0 Å². The van der Waals surface area contributed by atoms with Crippen molar-refractivity contribution >= 4 is 65.2 Å². The lowest BCUT2D eigenvalue weighted by atomic mass is 10.3.